The number of rotatable bonds is 5. The zero-order valence-corrected chi connectivity index (χ0v) is 13.7. The number of piperidine rings is 1. The van der Waals surface area contributed by atoms with Gasteiger partial charge < -0.3 is 10.2 Å². The Bertz CT molecular complexity index is 501. The molecule has 22 heavy (non-hydrogen) atoms. The van der Waals surface area contributed by atoms with Crippen molar-refractivity contribution in [1.82, 2.24) is 15.1 Å². The zero-order valence-electron chi connectivity index (χ0n) is 12.0. The molecule has 0 aromatic carbocycles. The van der Waals surface area contributed by atoms with E-state index in [-0.39, 0.29) is 16.8 Å². The van der Waals surface area contributed by atoms with Gasteiger partial charge >= 0.3 is 6.18 Å². The van der Waals surface area contributed by atoms with E-state index in [0.29, 0.717) is 10.3 Å². The number of hydrogen-bond acceptors (Lipinski definition) is 6. The van der Waals surface area contributed by atoms with Gasteiger partial charge in [0, 0.05) is 13.1 Å². The lowest BCUT2D eigenvalue weighted by Gasteiger charge is -2.30. The summed E-state index contributed by atoms with van der Waals surface area (Å²) in [5.41, 5.74) is 0. The molecule has 5 nitrogen and oxygen atoms in total. The Hall–Kier alpha value is -1.03. The summed E-state index contributed by atoms with van der Waals surface area (Å²) in [6, 6.07) is 0. The summed E-state index contributed by atoms with van der Waals surface area (Å²) >= 11 is 2.23. The van der Waals surface area contributed by atoms with Gasteiger partial charge in [-0.05, 0) is 18.8 Å². The number of aromatic nitrogens is 2. The van der Waals surface area contributed by atoms with E-state index in [9.17, 15) is 18.0 Å². The number of carbonyl (C=O) groups is 1. The lowest BCUT2D eigenvalue weighted by atomic mass is 9.99. The molecule has 124 valence electrons. The van der Waals surface area contributed by atoms with Crippen molar-refractivity contribution in [3.8, 4) is 0 Å². The molecular weight excluding hydrogens is 337 g/mol. The molecule has 1 fully saturated rings. The number of likely N-dealkylation sites (tertiary alicyclic amines) is 1. The van der Waals surface area contributed by atoms with Crippen LogP contribution in [-0.4, -0.2) is 52.6 Å². The van der Waals surface area contributed by atoms with Gasteiger partial charge in [-0.3, -0.25) is 4.79 Å². The zero-order chi connectivity index (χ0) is 16.2. The monoisotopic (exact) mass is 354 g/mol. The number of hydrogen-bond donors (Lipinski definition) is 1. The molecule has 0 bridgehead atoms. The fraction of sp³-hybridized carbons (Fsp3) is 0.750. The molecule has 0 saturated carbocycles. The highest BCUT2D eigenvalue weighted by Gasteiger charge is 2.27. The van der Waals surface area contributed by atoms with Gasteiger partial charge in [-0.2, -0.15) is 13.2 Å². The van der Waals surface area contributed by atoms with Crippen LogP contribution in [0, 0.1) is 5.92 Å². The highest BCUT2D eigenvalue weighted by atomic mass is 32.2. The van der Waals surface area contributed by atoms with Gasteiger partial charge in [0.1, 0.15) is 6.54 Å². The number of anilines is 1. The Morgan fingerprint density at radius 1 is 1.41 bits per heavy atom. The highest BCUT2D eigenvalue weighted by Crippen LogP contribution is 2.27. The molecule has 2 heterocycles. The fourth-order valence-electron chi connectivity index (χ4n) is 1.99. The first-order chi connectivity index (χ1) is 10.3. The van der Waals surface area contributed by atoms with Crippen LogP contribution in [0.15, 0.2) is 4.34 Å². The Balaban J connectivity index is 1.75. The Morgan fingerprint density at radius 2 is 2.09 bits per heavy atom. The van der Waals surface area contributed by atoms with E-state index in [1.165, 1.54) is 11.8 Å². The first-order valence-electron chi connectivity index (χ1n) is 6.88. The minimum absolute atomic E-state index is 0.0388. The van der Waals surface area contributed by atoms with Crippen molar-refractivity contribution in [3.05, 3.63) is 0 Å². The number of thioether (sulfide) groups is 1. The predicted molar refractivity (Wildman–Crippen MR) is 80.2 cm³/mol. The third-order valence-corrected chi connectivity index (χ3v) is 5.30. The molecule has 1 aromatic rings. The van der Waals surface area contributed by atoms with Crippen molar-refractivity contribution in [3.63, 3.8) is 0 Å². The van der Waals surface area contributed by atoms with Crippen LogP contribution in [0.5, 0.6) is 0 Å². The molecule has 0 spiro atoms. The average molecular weight is 354 g/mol. The summed E-state index contributed by atoms with van der Waals surface area (Å²) in [5, 5.41) is 9.69. The van der Waals surface area contributed by atoms with Crippen LogP contribution in [0.4, 0.5) is 18.3 Å². The van der Waals surface area contributed by atoms with Gasteiger partial charge in [0.2, 0.25) is 11.0 Å². The second-order valence-corrected chi connectivity index (χ2v) is 7.39. The molecule has 0 aliphatic carbocycles. The second-order valence-electron chi connectivity index (χ2n) is 5.19. The van der Waals surface area contributed by atoms with Crippen LogP contribution in [0.1, 0.15) is 19.8 Å². The van der Waals surface area contributed by atoms with Gasteiger partial charge in [-0.15, -0.1) is 10.2 Å². The van der Waals surface area contributed by atoms with Gasteiger partial charge in [0.25, 0.3) is 0 Å². The Labute approximate surface area is 134 Å². The maximum atomic E-state index is 12.1. The fourth-order valence-corrected chi connectivity index (χ4v) is 3.64. The molecule has 0 radical (unpaired) electrons. The van der Waals surface area contributed by atoms with E-state index in [0.717, 1.165) is 37.3 Å². The van der Waals surface area contributed by atoms with Gasteiger partial charge in [-0.1, -0.05) is 30.0 Å². The van der Waals surface area contributed by atoms with Crippen molar-refractivity contribution in [2.45, 2.75) is 30.3 Å². The van der Waals surface area contributed by atoms with Crippen LogP contribution < -0.4 is 5.32 Å². The van der Waals surface area contributed by atoms with Crippen molar-refractivity contribution >= 4 is 34.1 Å². The van der Waals surface area contributed by atoms with Crippen LogP contribution in [0.2, 0.25) is 0 Å². The van der Waals surface area contributed by atoms with Crippen molar-refractivity contribution < 1.29 is 18.0 Å². The number of carbonyl (C=O) groups excluding carboxylic acids is 1. The maximum absolute atomic E-state index is 12.1. The SMILES string of the molecule is CC1CCN(C(=O)CSc2nnc(NCC(F)(F)F)s2)CC1. The minimum atomic E-state index is -4.29. The summed E-state index contributed by atoms with van der Waals surface area (Å²) < 4.78 is 36.7. The standard InChI is InChI=1S/C12H17F3N4OS2/c1-8-2-4-19(5-3-8)9(20)6-21-11-18-17-10(22-11)16-7-12(13,14)15/h8H,2-7H2,1H3,(H,16,17). The number of nitrogens with zero attached hydrogens (tertiary/aromatic N) is 3. The molecule has 1 aliphatic rings. The molecule has 1 saturated heterocycles. The normalized spacial score (nSPS) is 16.8. The van der Waals surface area contributed by atoms with Crippen LogP contribution in [-0.2, 0) is 4.79 Å². The van der Waals surface area contributed by atoms with E-state index < -0.39 is 12.7 Å². The smallest absolute Gasteiger partial charge is 0.351 e. The number of halogens is 3. The molecular formula is C12H17F3N4OS2. The molecule has 0 atom stereocenters. The number of alkyl halides is 3. The summed E-state index contributed by atoms with van der Waals surface area (Å²) in [7, 11) is 0. The lowest BCUT2D eigenvalue weighted by Crippen LogP contribution is -2.38. The Morgan fingerprint density at radius 3 is 2.73 bits per heavy atom. The van der Waals surface area contributed by atoms with Crippen molar-refractivity contribution in [2.24, 2.45) is 5.92 Å². The molecule has 1 amide bonds. The predicted octanol–water partition coefficient (Wildman–Crippen LogP) is 2.86. The number of nitrogens with one attached hydrogen (secondary N) is 1. The summed E-state index contributed by atoms with van der Waals surface area (Å²) in [4.78, 5) is 13.9. The van der Waals surface area contributed by atoms with E-state index in [1.807, 2.05) is 4.90 Å². The quantitative estimate of drug-likeness (QED) is 0.824. The minimum Gasteiger partial charge on any atom is -0.351 e. The van der Waals surface area contributed by atoms with Gasteiger partial charge in [0.15, 0.2) is 4.34 Å². The van der Waals surface area contributed by atoms with Gasteiger partial charge in [-0.25, -0.2) is 0 Å². The molecule has 1 N–H and O–H groups in total. The second kappa shape index (κ2) is 7.49. The Kier molecular flexibility index (Phi) is 5.90. The highest BCUT2D eigenvalue weighted by molar-refractivity contribution is 8.01. The molecule has 0 unspecified atom stereocenters. The third-order valence-electron chi connectivity index (χ3n) is 3.30. The first-order valence-corrected chi connectivity index (χ1v) is 8.68. The number of amides is 1. The van der Waals surface area contributed by atoms with E-state index in [1.54, 1.807) is 0 Å². The van der Waals surface area contributed by atoms with E-state index >= 15 is 0 Å². The molecule has 1 aromatic heterocycles. The van der Waals surface area contributed by atoms with Crippen molar-refractivity contribution in [1.29, 1.82) is 0 Å². The summed E-state index contributed by atoms with van der Waals surface area (Å²) in [6.45, 7) is 2.58. The van der Waals surface area contributed by atoms with Crippen LogP contribution in [0.3, 0.4) is 0 Å². The first kappa shape index (κ1) is 17.3. The van der Waals surface area contributed by atoms with E-state index in [4.69, 9.17) is 0 Å². The topological polar surface area (TPSA) is 58.1 Å². The molecule has 10 heteroatoms. The van der Waals surface area contributed by atoms with E-state index in [2.05, 4.69) is 22.4 Å². The van der Waals surface area contributed by atoms with Crippen LogP contribution in [0.25, 0.3) is 0 Å². The van der Waals surface area contributed by atoms with Gasteiger partial charge in [0.05, 0.1) is 5.75 Å². The van der Waals surface area contributed by atoms with Crippen LogP contribution >= 0.6 is 23.1 Å². The summed E-state index contributed by atoms with van der Waals surface area (Å²) in [6.07, 6.45) is -2.26. The largest absolute Gasteiger partial charge is 0.405 e. The van der Waals surface area contributed by atoms with Crippen molar-refractivity contribution in [2.75, 3.05) is 30.7 Å². The average Bonchev–Trinajstić information content (AvgIpc) is 2.91. The summed E-state index contributed by atoms with van der Waals surface area (Å²) in [5.74, 6) is 0.932. The third kappa shape index (κ3) is 5.64. The molecule has 1 aliphatic heterocycles. The maximum Gasteiger partial charge on any atom is 0.405 e. The lowest BCUT2D eigenvalue weighted by molar-refractivity contribution is -0.129. The molecule has 2 rings (SSSR count).